The van der Waals surface area contributed by atoms with E-state index in [2.05, 4.69) is 27.2 Å². The van der Waals surface area contributed by atoms with Crippen molar-refractivity contribution in [2.75, 3.05) is 13.3 Å². The van der Waals surface area contributed by atoms with Crippen molar-refractivity contribution in [2.45, 2.75) is 32.6 Å². The van der Waals surface area contributed by atoms with Crippen molar-refractivity contribution in [3.05, 3.63) is 71.8 Å². The third-order valence-electron chi connectivity index (χ3n) is 2.47. The molecule has 0 N–H and O–H groups in total. The van der Waals surface area contributed by atoms with E-state index in [4.69, 9.17) is 0 Å². The second kappa shape index (κ2) is 12.3. The standard InChI is InChI=1S/C14H12F2.C3H8.C2H7P/c15-14(16,13-9-5-2-6-10-13)11-12-7-3-1-4-8-12;2*1-3-2/h1-10H,11H2;3H2,1-2H3;3H,1-2H3. The third-order valence-corrected chi connectivity index (χ3v) is 2.47. The minimum atomic E-state index is -2.80. The Morgan fingerprint density at radius 3 is 1.59 bits per heavy atom. The fourth-order valence-corrected chi connectivity index (χ4v) is 1.64. The maximum atomic E-state index is 13.8. The van der Waals surface area contributed by atoms with Gasteiger partial charge in [0.15, 0.2) is 0 Å². The molecule has 0 unspecified atom stereocenters. The van der Waals surface area contributed by atoms with Crippen LogP contribution < -0.4 is 0 Å². The maximum absolute atomic E-state index is 13.8. The summed E-state index contributed by atoms with van der Waals surface area (Å²) in [7, 11) is 1.08. The SMILES string of the molecule is CCC.CPC.FC(F)(Cc1ccccc1)c1ccccc1. The summed E-state index contributed by atoms with van der Waals surface area (Å²) in [6.07, 6.45) is 0.998. The summed E-state index contributed by atoms with van der Waals surface area (Å²) in [5, 5.41) is 0. The Kier molecular flexibility index (Phi) is 11.6. The third kappa shape index (κ3) is 8.89. The molecule has 0 aliphatic rings. The lowest BCUT2D eigenvalue weighted by Crippen LogP contribution is -2.16. The van der Waals surface area contributed by atoms with Crippen LogP contribution in [0, 0.1) is 0 Å². The highest BCUT2D eigenvalue weighted by atomic mass is 31.1. The molecule has 0 saturated heterocycles. The molecule has 0 radical (unpaired) electrons. The van der Waals surface area contributed by atoms with Crippen LogP contribution in [-0.2, 0) is 12.3 Å². The fourth-order valence-electron chi connectivity index (χ4n) is 1.64. The molecule has 22 heavy (non-hydrogen) atoms. The first-order valence-electron chi connectivity index (χ1n) is 7.57. The quantitative estimate of drug-likeness (QED) is 0.576. The van der Waals surface area contributed by atoms with Gasteiger partial charge in [0.1, 0.15) is 0 Å². The van der Waals surface area contributed by atoms with Crippen LogP contribution in [0.2, 0.25) is 0 Å². The van der Waals surface area contributed by atoms with E-state index < -0.39 is 5.92 Å². The lowest BCUT2D eigenvalue weighted by Gasteiger charge is -2.16. The largest absolute Gasteiger partial charge is 0.277 e. The highest BCUT2D eigenvalue weighted by Crippen LogP contribution is 2.31. The van der Waals surface area contributed by atoms with Crippen molar-refractivity contribution >= 4 is 8.58 Å². The van der Waals surface area contributed by atoms with Crippen molar-refractivity contribution in [1.29, 1.82) is 0 Å². The summed E-state index contributed by atoms with van der Waals surface area (Å²) in [4.78, 5) is 0. The number of benzene rings is 2. The summed E-state index contributed by atoms with van der Waals surface area (Å²) in [5.41, 5.74) is 0.718. The van der Waals surface area contributed by atoms with Gasteiger partial charge in [0, 0.05) is 12.0 Å². The van der Waals surface area contributed by atoms with Gasteiger partial charge in [-0.05, 0) is 18.9 Å². The van der Waals surface area contributed by atoms with Gasteiger partial charge < -0.3 is 0 Å². The van der Waals surface area contributed by atoms with Gasteiger partial charge in [-0.2, -0.15) is 0 Å². The van der Waals surface area contributed by atoms with Crippen LogP contribution in [-0.4, -0.2) is 13.3 Å². The van der Waals surface area contributed by atoms with Crippen LogP contribution in [0.25, 0.3) is 0 Å². The second-order valence-corrected chi connectivity index (χ2v) is 5.94. The summed E-state index contributed by atoms with van der Waals surface area (Å²) in [5.74, 6) is -2.80. The Morgan fingerprint density at radius 1 is 0.818 bits per heavy atom. The van der Waals surface area contributed by atoms with E-state index in [1.807, 2.05) is 6.07 Å². The average molecular weight is 324 g/mol. The first-order chi connectivity index (χ1) is 10.5. The molecule has 0 aromatic heterocycles. The summed E-state index contributed by atoms with van der Waals surface area (Å²) in [6, 6.07) is 16.7. The zero-order chi connectivity index (χ0) is 16.8. The minimum absolute atomic E-state index is 0.0684. The molecule has 0 aliphatic heterocycles. The summed E-state index contributed by atoms with van der Waals surface area (Å²) < 4.78 is 27.7. The first kappa shape index (κ1) is 20.7. The lowest BCUT2D eigenvalue weighted by molar-refractivity contribution is -0.00382. The summed E-state index contributed by atoms with van der Waals surface area (Å²) in [6.45, 7) is 8.56. The van der Waals surface area contributed by atoms with Gasteiger partial charge in [-0.15, -0.1) is 8.58 Å². The van der Waals surface area contributed by atoms with Gasteiger partial charge in [0.05, 0.1) is 0 Å². The summed E-state index contributed by atoms with van der Waals surface area (Å²) >= 11 is 0. The van der Waals surface area contributed by atoms with Gasteiger partial charge in [-0.1, -0.05) is 80.9 Å². The van der Waals surface area contributed by atoms with E-state index in [0.29, 0.717) is 5.56 Å². The van der Waals surface area contributed by atoms with Gasteiger partial charge in [-0.3, -0.25) is 0 Å². The second-order valence-electron chi connectivity index (χ2n) is 4.94. The molecule has 0 spiro atoms. The molecule has 0 nitrogen and oxygen atoms in total. The van der Waals surface area contributed by atoms with E-state index in [0.717, 1.165) is 8.58 Å². The number of hydrogen-bond acceptors (Lipinski definition) is 0. The zero-order valence-corrected chi connectivity index (χ0v) is 14.9. The molecule has 0 amide bonds. The molecule has 0 bridgehead atoms. The Balaban J connectivity index is 0.000000639. The highest BCUT2D eigenvalue weighted by Gasteiger charge is 2.31. The van der Waals surface area contributed by atoms with Gasteiger partial charge in [0.2, 0.25) is 0 Å². The zero-order valence-electron chi connectivity index (χ0n) is 13.9. The van der Waals surface area contributed by atoms with E-state index >= 15 is 0 Å². The van der Waals surface area contributed by atoms with Crippen molar-refractivity contribution < 1.29 is 8.78 Å². The molecule has 2 rings (SSSR count). The van der Waals surface area contributed by atoms with E-state index in [1.165, 1.54) is 18.6 Å². The Morgan fingerprint density at radius 2 is 1.18 bits per heavy atom. The molecule has 0 atom stereocenters. The molecule has 2 aromatic carbocycles. The molecular formula is C19H27F2P. The monoisotopic (exact) mass is 324 g/mol. The molecule has 3 heteroatoms. The van der Waals surface area contributed by atoms with E-state index in [1.54, 1.807) is 42.5 Å². The molecule has 0 fully saturated rings. The van der Waals surface area contributed by atoms with Crippen molar-refractivity contribution in [1.82, 2.24) is 0 Å². The molecule has 0 saturated carbocycles. The predicted molar refractivity (Wildman–Crippen MR) is 96.6 cm³/mol. The maximum Gasteiger partial charge on any atom is 0.277 e. The highest BCUT2D eigenvalue weighted by molar-refractivity contribution is 7.35. The van der Waals surface area contributed by atoms with Crippen LogP contribution in [0.1, 0.15) is 31.4 Å². The van der Waals surface area contributed by atoms with Crippen LogP contribution in [0.15, 0.2) is 60.7 Å². The lowest BCUT2D eigenvalue weighted by atomic mass is 10.0. The molecular weight excluding hydrogens is 297 g/mol. The van der Waals surface area contributed by atoms with Gasteiger partial charge in [0.25, 0.3) is 5.92 Å². The molecule has 2 aromatic rings. The fraction of sp³-hybridized carbons (Fsp3) is 0.368. The van der Waals surface area contributed by atoms with E-state index in [9.17, 15) is 8.78 Å². The van der Waals surface area contributed by atoms with Crippen LogP contribution >= 0.6 is 8.58 Å². The Hall–Kier alpha value is -1.27. The first-order valence-corrected chi connectivity index (χ1v) is 9.57. The average Bonchev–Trinajstić information content (AvgIpc) is 2.50. The van der Waals surface area contributed by atoms with Crippen molar-refractivity contribution in [2.24, 2.45) is 0 Å². The Labute approximate surface area is 135 Å². The predicted octanol–water partition coefficient (Wildman–Crippen LogP) is 6.36. The topological polar surface area (TPSA) is 0 Å². The van der Waals surface area contributed by atoms with Gasteiger partial charge >= 0.3 is 0 Å². The normalized spacial score (nSPS) is 9.91. The number of rotatable bonds is 3. The van der Waals surface area contributed by atoms with E-state index in [-0.39, 0.29) is 12.0 Å². The minimum Gasteiger partial charge on any atom is -0.201 e. The van der Waals surface area contributed by atoms with Gasteiger partial charge in [-0.25, -0.2) is 8.78 Å². The van der Waals surface area contributed by atoms with Crippen molar-refractivity contribution in [3.63, 3.8) is 0 Å². The van der Waals surface area contributed by atoms with Crippen LogP contribution in [0.4, 0.5) is 8.78 Å². The number of hydrogen-bond donors (Lipinski definition) is 0. The smallest absolute Gasteiger partial charge is 0.201 e. The van der Waals surface area contributed by atoms with Crippen LogP contribution in [0.3, 0.4) is 0 Å². The molecule has 122 valence electrons. The van der Waals surface area contributed by atoms with Crippen molar-refractivity contribution in [3.8, 4) is 0 Å². The number of halogens is 2. The number of alkyl halides is 2. The molecule has 0 aliphatic carbocycles. The Bertz CT molecular complexity index is 467. The molecule has 0 heterocycles. The van der Waals surface area contributed by atoms with Crippen LogP contribution in [0.5, 0.6) is 0 Å².